The average molecular weight is 211 g/mol. The van der Waals surface area contributed by atoms with Gasteiger partial charge in [0.05, 0.1) is 0 Å². The van der Waals surface area contributed by atoms with Crippen LogP contribution in [0.2, 0.25) is 0 Å². The second kappa shape index (κ2) is 5.31. The number of hydrogen-bond acceptors (Lipinski definition) is 2. The summed E-state index contributed by atoms with van der Waals surface area (Å²) < 4.78 is 0. The minimum atomic E-state index is 0.338. The maximum absolute atomic E-state index is 9.07. The van der Waals surface area contributed by atoms with Crippen molar-refractivity contribution in [3.8, 4) is 0 Å². The van der Waals surface area contributed by atoms with Crippen LogP contribution >= 0.6 is 0 Å². The van der Waals surface area contributed by atoms with Gasteiger partial charge in [-0.15, -0.1) is 0 Å². The molecular formula is C13H25NO. The molecule has 2 nitrogen and oxygen atoms in total. The van der Waals surface area contributed by atoms with E-state index in [-0.39, 0.29) is 0 Å². The Labute approximate surface area is 93.7 Å². The first-order chi connectivity index (χ1) is 7.29. The maximum Gasteiger partial charge on any atom is 0.0468 e. The Morgan fingerprint density at radius 2 is 1.93 bits per heavy atom. The quantitative estimate of drug-likeness (QED) is 0.773. The topological polar surface area (TPSA) is 23.5 Å². The number of fused-ring (bicyclic) bond motifs is 1. The summed E-state index contributed by atoms with van der Waals surface area (Å²) in [5, 5.41) is 9.07. The van der Waals surface area contributed by atoms with Crippen LogP contribution < -0.4 is 0 Å². The first-order valence-corrected chi connectivity index (χ1v) is 6.63. The molecular weight excluding hydrogens is 186 g/mol. The molecule has 0 aromatic heterocycles. The standard InChI is InChI=1S/C13H25NO/c1-11(10-15)8-14-7-6-12-4-2-3-5-13(12)9-14/h11-13,15H,2-10H2,1H3. The SMILES string of the molecule is CC(CO)CN1CCC2CCCCC2C1. The van der Waals surface area contributed by atoms with Gasteiger partial charge in [-0.1, -0.05) is 26.2 Å². The predicted molar refractivity (Wildman–Crippen MR) is 62.8 cm³/mol. The minimum Gasteiger partial charge on any atom is -0.396 e. The second-order valence-corrected chi connectivity index (χ2v) is 5.64. The first kappa shape index (κ1) is 11.4. The van der Waals surface area contributed by atoms with E-state index in [1.807, 2.05) is 0 Å². The molecule has 2 fully saturated rings. The van der Waals surface area contributed by atoms with E-state index in [1.165, 1.54) is 45.2 Å². The lowest BCUT2D eigenvalue weighted by Gasteiger charge is -2.42. The highest BCUT2D eigenvalue weighted by molar-refractivity contribution is 4.83. The third-order valence-corrected chi connectivity index (χ3v) is 4.26. The summed E-state index contributed by atoms with van der Waals surface area (Å²) in [6, 6.07) is 0. The summed E-state index contributed by atoms with van der Waals surface area (Å²) in [6.45, 7) is 6.15. The molecule has 1 aliphatic heterocycles. The zero-order chi connectivity index (χ0) is 10.7. The van der Waals surface area contributed by atoms with Gasteiger partial charge in [-0.25, -0.2) is 0 Å². The van der Waals surface area contributed by atoms with E-state index in [9.17, 15) is 0 Å². The van der Waals surface area contributed by atoms with Crippen LogP contribution in [0.15, 0.2) is 0 Å². The van der Waals surface area contributed by atoms with Crippen molar-refractivity contribution in [1.29, 1.82) is 0 Å². The van der Waals surface area contributed by atoms with Gasteiger partial charge in [-0.3, -0.25) is 0 Å². The summed E-state index contributed by atoms with van der Waals surface area (Å²) in [4.78, 5) is 2.58. The number of piperidine rings is 1. The van der Waals surface area contributed by atoms with Crippen molar-refractivity contribution in [2.45, 2.75) is 39.0 Å². The summed E-state index contributed by atoms with van der Waals surface area (Å²) in [5.41, 5.74) is 0. The monoisotopic (exact) mass is 211 g/mol. The van der Waals surface area contributed by atoms with Gasteiger partial charge in [0, 0.05) is 19.7 Å². The Kier molecular flexibility index (Phi) is 4.04. The highest BCUT2D eigenvalue weighted by Gasteiger charge is 2.31. The van der Waals surface area contributed by atoms with Gasteiger partial charge in [0.15, 0.2) is 0 Å². The fourth-order valence-corrected chi connectivity index (χ4v) is 3.34. The highest BCUT2D eigenvalue weighted by atomic mass is 16.3. The molecule has 0 spiro atoms. The van der Waals surface area contributed by atoms with Gasteiger partial charge < -0.3 is 10.0 Å². The fourth-order valence-electron chi connectivity index (χ4n) is 3.34. The fraction of sp³-hybridized carbons (Fsp3) is 1.00. The molecule has 1 saturated carbocycles. The maximum atomic E-state index is 9.07. The molecule has 2 rings (SSSR count). The lowest BCUT2D eigenvalue weighted by Crippen LogP contribution is -2.43. The molecule has 88 valence electrons. The molecule has 1 aliphatic carbocycles. The van der Waals surface area contributed by atoms with E-state index in [0.29, 0.717) is 12.5 Å². The number of aliphatic hydroxyl groups excluding tert-OH is 1. The summed E-state index contributed by atoms with van der Waals surface area (Å²) >= 11 is 0. The van der Waals surface area contributed by atoms with Crippen LogP contribution in [-0.4, -0.2) is 36.2 Å². The van der Waals surface area contributed by atoms with E-state index in [1.54, 1.807) is 0 Å². The first-order valence-electron chi connectivity index (χ1n) is 6.63. The van der Waals surface area contributed by atoms with Gasteiger partial charge in [-0.2, -0.15) is 0 Å². The number of rotatable bonds is 3. The molecule has 1 saturated heterocycles. The lowest BCUT2D eigenvalue weighted by molar-refractivity contribution is 0.0686. The van der Waals surface area contributed by atoms with Gasteiger partial charge in [0.25, 0.3) is 0 Å². The molecule has 15 heavy (non-hydrogen) atoms. The van der Waals surface area contributed by atoms with Crippen LogP contribution in [0, 0.1) is 17.8 Å². The molecule has 0 aromatic rings. The summed E-state index contributed by atoms with van der Waals surface area (Å²) in [6.07, 6.45) is 7.25. The van der Waals surface area contributed by atoms with Crippen molar-refractivity contribution in [1.82, 2.24) is 4.90 Å². The highest BCUT2D eigenvalue weighted by Crippen LogP contribution is 2.36. The van der Waals surface area contributed by atoms with E-state index < -0.39 is 0 Å². The van der Waals surface area contributed by atoms with E-state index in [2.05, 4.69) is 11.8 Å². The zero-order valence-electron chi connectivity index (χ0n) is 9.99. The van der Waals surface area contributed by atoms with Crippen molar-refractivity contribution in [2.75, 3.05) is 26.2 Å². The summed E-state index contributed by atoms with van der Waals surface area (Å²) in [7, 11) is 0. The third kappa shape index (κ3) is 2.94. The Bertz CT molecular complexity index is 195. The zero-order valence-corrected chi connectivity index (χ0v) is 9.99. The molecule has 1 N–H and O–H groups in total. The third-order valence-electron chi connectivity index (χ3n) is 4.26. The van der Waals surface area contributed by atoms with Crippen molar-refractivity contribution >= 4 is 0 Å². The van der Waals surface area contributed by atoms with Crippen molar-refractivity contribution < 1.29 is 5.11 Å². The van der Waals surface area contributed by atoms with E-state index in [0.717, 1.165) is 18.4 Å². The average Bonchev–Trinajstić information content (AvgIpc) is 2.29. The molecule has 3 atom stereocenters. The summed E-state index contributed by atoms with van der Waals surface area (Å²) in [5.74, 6) is 2.45. The Morgan fingerprint density at radius 3 is 2.67 bits per heavy atom. The molecule has 0 radical (unpaired) electrons. The van der Waals surface area contributed by atoms with Crippen LogP contribution in [0.25, 0.3) is 0 Å². The van der Waals surface area contributed by atoms with Crippen LogP contribution in [0.5, 0.6) is 0 Å². The van der Waals surface area contributed by atoms with Crippen LogP contribution in [0.1, 0.15) is 39.0 Å². The molecule has 0 amide bonds. The lowest BCUT2D eigenvalue weighted by atomic mass is 9.75. The molecule has 2 heteroatoms. The molecule has 3 unspecified atom stereocenters. The smallest absolute Gasteiger partial charge is 0.0468 e. The molecule has 0 bridgehead atoms. The molecule has 2 aliphatic rings. The predicted octanol–water partition coefficient (Wildman–Crippen LogP) is 2.13. The van der Waals surface area contributed by atoms with Crippen molar-refractivity contribution in [2.24, 2.45) is 17.8 Å². The molecule has 1 heterocycles. The van der Waals surface area contributed by atoms with Crippen molar-refractivity contribution in [3.05, 3.63) is 0 Å². The number of hydrogen-bond donors (Lipinski definition) is 1. The number of nitrogens with zero attached hydrogens (tertiary/aromatic N) is 1. The Hall–Kier alpha value is -0.0800. The van der Waals surface area contributed by atoms with E-state index in [4.69, 9.17) is 5.11 Å². The van der Waals surface area contributed by atoms with Crippen LogP contribution in [0.4, 0.5) is 0 Å². The van der Waals surface area contributed by atoms with E-state index >= 15 is 0 Å². The molecule has 0 aromatic carbocycles. The number of likely N-dealkylation sites (tertiary alicyclic amines) is 1. The number of aliphatic hydroxyl groups is 1. The van der Waals surface area contributed by atoms with Crippen molar-refractivity contribution in [3.63, 3.8) is 0 Å². The minimum absolute atomic E-state index is 0.338. The van der Waals surface area contributed by atoms with Gasteiger partial charge >= 0.3 is 0 Å². The van der Waals surface area contributed by atoms with Crippen LogP contribution in [-0.2, 0) is 0 Å². The van der Waals surface area contributed by atoms with Gasteiger partial charge in [0.2, 0.25) is 0 Å². The Morgan fingerprint density at radius 1 is 1.20 bits per heavy atom. The van der Waals surface area contributed by atoms with Gasteiger partial charge in [0.1, 0.15) is 0 Å². The van der Waals surface area contributed by atoms with Gasteiger partial charge in [-0.05, 0) is 37.1 Å². The second-order valence-electron chi connectivity index (χ2n) is 5.64. The normalized spacial score (nSPS) is 34.8. The Balaban J connectivity index is 1.80. The van der Waals surface area contributed by atoms with Crippen LogP contribution in [0.3, 0.4) is 0 Å². The largest absolute Gasteiger partial charge is 0.396 e.